The molecule has 6 heteroatoms. The van der Waals surface area contributed by atoms with Crippen molar-refractivity contribution in [3.63, 3.8) is 0 Å². The summed E-state index contributed by atoms with van der Waals surface area (Å²) in [6.07, 6.45) is 5.12. The van der Waals surface area contributed by atoms with Gasteiger partial charge in [-0.3, -0.25) is 4.79 Å². The molecule has 1 fully saturated rings. The van der Waals surface area contributed by atoms with Gasteiger partial charge in [0.2, 0.25) is 5.91 Å². The molecular formula is C24H29ClN2O3. The molecular weight excluding hydrogens is 400 g/mol. The van der Waals surface area contributed by atoms with E-state index in [4.69, 9.17) is 17.3 Å². The topological polar surface area (TPSA) is 83.6 Å². The minimum absolute atomic E-state index is 0.181. The van der Waals surface area contributed by atoms with Gasteiger partial charge in [0.05, 0.1) is 11.5 Å². The predicted molar refractivity (Wildman–Crippen MR) is 121 cm³/mol. The number of nitrogens with two attached hydrogens (primary N) is 1. The zero-order valence-corrected chi connectivity index (χ0v) is 18.1. The average molecular weight is 429 g/mol. The number of carboxylic acid groups (broad SMARTS) is 1. The summed E-state index contributed by atoms with van der Waals surface area (Å²) in [7, 11) is 0. The number of piperidine rings is 1. The smallest absolute Gasteiger partial charge is 0.335 e. The van der Waals surface area contributed by atoms with E-state index in [2.05, 4.69) is 17.9 Å². The number of carbonyl (C=O) groups excluding carboxylic acids is 1. The molecule has 0 saturated carbocycles. The van der Waals surface area contributed by atoms with Crippen molar-refractivity contribution in [2.24, 2.45) is 5.73 Å². The molecule has 3 N–H and O–H groups in total. The molecule has 160 valence electrons. The van der Waals surface area contributed by atoms with Gasteiger partial charge < -0.3 is 15.7 Å². The molecule has 3 rings (SSSR count). The van der Waals surface area contributed by atoms with Crippen LogP contribution < -0.4 is 10.6 Å². The lowest BCUT2D eigenvalue weighted by atomic mass is 9.77. The van der Waals surface area contributed by atoms with E-state index in [1.165, 1.54) is 18.6 Å². The summed E-state index contributed by atoms with van der Waals surface area (Å²) in [4.78, 5) is 26.2. The predicted octanol–water partition coefficient (Wildman–Crippen LogP) is 5.18. The van der Waals surface area contributed by atoms with Gasteiger partial charge in [-0.05, 0) is 61.1 Å². The Kier molecular flexibility index (Phi) is 7.38. The molecule has 0 aromatic heterocycles. The van der Waals surface area contributed by atoms with Gasteiger partial charge in [0.25, 0.3) is 0 Å². The van der Waals surface area contributed by atoms with Crippen LogP contribution >= 0.6 is 11.6 Å². The largest absolute Gasteiger partial charge is 0.478 e. The number of carboxylic acids is 1. The van der Waals surface area contributed by atoms with Crippen LogP contribution in [0.15, 0.2) is 42.5 Å². The molecule has 30 heavy (non-hydrogen) atoms. The summed E-state index contributed by atoms with van der Waals surface area (Å²) in [5.41, 5.74) is 8.85. The van der Waals surface area contributed by atoms with Gasteiger partial charge >= 0.3 is 5.97 Å². The third kappa shape index (κ3) is 4.78. The molecule has 1 aliphatic heterocycles. The second kappa shape index (κ2) is 9.98. The number of halogens is 1. The Labute approximate surface area is 182 Å². The van der Waals surface area contributed by atoms with Gasteiger partial charge in [0.15, 0.2) is 0 Å². The third-order valence-electron chi connectivity index (χ3n) is 5.92. The van der Waals surface area contributed by atoms with E-state index < -0.39 is 17.8 Å². The van der Waals surface area contributed by atoms with E-state index in [0.29, 0.717) is 5.02 Å². The zero-order chi connectivity index (χ0) is 21.7. The average Bonchev–Trinajstić information content (AvgIpc) is 2.74. The lowest BCUT2D eigenvalue weighted by molar-refractivity contribution is -0.120. The van der Waals surface area contributed by atoms with Crippen LogP contribution in [0, 0.1) is 0 Å². The standard InChI is InChI=1S/C24H29ClN2O3/c1-2-7-18(21(23(26)28)16-10-12-17(13-11-16)24(29)30)22-19(25)8-6-9-20(22)27-14-4-3-5-15-27/h6,8-13,18,21H,2-5,7,14-15H2,1H3,(H2,26,28)(H,29,30). The summed E-state index contributed by atoms with van der Waals surface area (Å²) < 4.78 is 0. The van der Waals surface area contributed by atoms with Gasteiger partial charge in [0, 0.05) is 29.7 Å². The highest BCUT2D eigenvalue weighted by atomic mass is 35.5. The minimum Gasteiger partial charge on any atom is -0.478 e. The van der Waals surface area contributed by atoms with Crippen molar-refractivity contribution in [1.82, 2.24) is 0 Å². The Morgan fingerprint density at radius 1 is 1.10 bits per heavy atom. The van der Waals surface area contributed by atoms with Crippen LogP contribution in [-0.4, -0.2) is 30.1 Å². The molecule has 2 atom stereocenters. The number of benzene rings is 2. The number of rotatable bonds is 8. The number of anilines is 1. The van der Waals surface area contributed by atoms with Crippen molar-refractivity contribution >= 4 is 29.2 Å². The first-order chi connectivity index (χ1) is 14.4. The Bertz CT molecular complexity index is 892. The van der Waals surface area contributed by atoms with Crippen molar-refractivity contribution in [2.75, 3.05) is 18.0 Å². The first-order valence-electron chi connectivity index (χ1n) is 10.6. The van der Waals surface area contributed by atoms with Gasteiger partial charge in [-0.1, -0.05) is 43.1 Å². The SMILES string of the molecule is CCCC(c1c(Cl)cccc1N1CCCCC1)C(C(N)=O)c1ccc(C(=O)O)cc1. The maximum Gasteiger partial charge on any atom is 0.335 e. The van der Waals surface area contributed by atoms with Crippen LogP contribution in [0.25, 0.3) is 0 Å². The maximum atomic E-state index is 12.7. The second-order valence-electron chi connectivity index (χ2n) is 7.92. The summed E-state index contributed by atoms with van der Waals surface area (Å²) >= 11 is 6.73. The lowest BCUT2D eigenvalue weighted by Crippen LogP contribution is -2.32. The fraction of sp³-hybridized carbons (Fsp3) is 0.417. The summed E-state index contributed by atoms with van der Waals surface area (Å²) in [6, 6.07) is 12.3. The Hall–Kier alpha value is -2.53. The van der Waals surface area contributed by atoms with Crippen molar-refractivity contribution in [1.29, 1.82) is 0 Å². The van der Waals surface area contributed by atoms with Crippen LogP contribution in [0.1, 0.15) is 72.3 Å². The van der Waals surface area contributed by atoms with E-state index in [9.17, 15) is 14.7 Å². The highest BCUT2D eigenvalue weighted by Gasteiger charge is 2.33. The van der Waals surface area contributed by atoms with Gasteiger partial charge in [-0.15, -0.1) is 0 Å². The molecule has 0 spiro atoms. The van der Waals surface area contributed by atoms with Crippen LogP contribution in [0.4, 0.5) is 5.69 Å². The Balaban J connectivity index is 2.09. The van der Waals surface area contributed by atoms with E-state index in [-0.39, 0.29) is 11.5 Å². The maximum absolute atomic E-state index is 12.7. The third-order valence-corrected chi connectivity index (χ3v) is 6.25. The van der Waals surface area contributed by atoms with Gasteiger partial charge in [-0.2, -0.15) is 0 Å². The summed E-state index contributed by atoms with van der Waals surface area (Å²) in [5.74, 6) is -2.20. The molecule has 0 radical (unpaired) electrons. The fourth-order valence-corrected chi connectivity index (χ4v) is 4.83. The molecule has 0 bridgehead atoms. The number of aromatic carboxylic acids is 1. The molecule has 1 saturated heterocycles. The summed E-state index contributed by atoms with van der Waals surface area (Å²) in [6.45, 7) is 4.03. The molecule has 2 aromatic rings. The van der Waals surface area contributed by atoms with Crippen LogP contribution in [-0.2, 0) is 4.79 Å². The molecule has 1 amide bonds. The Morgan fingerprint density at radius 2 is 1.77 bits per heavy atom. The van der Waals surface area contributed by atoms with Crippen LogP contribution in [0.2, 0.25) is 5.02 Å². The van der Waals surface area contributed by atoms with Crippen molar-refractivity contribution < 1.29 is 14.7 Å². The number of nitrogens with zero attached hydrogens (tertiary/aromatic N) is 1. The molecule has 1 heterocycles. The lowest BCUT2D eigenvalue weighted by Gasteiger charge is -2.35. The van der Waals surface area contributed by atoms with Crippen molar-refractivity contribution in [3.8, 4) is 0 Å². The number of hydrogen-bond acceptors (Lipinski definition) is 3. The van der Waals surface area contributed by atoms with Gasteiger partial charge in [0.1, 0.15) is 0 Å². The number of amides is 1. The van der Waals surface area contributed by atoms with Crippen LogP contribution in [0.5, 0.6) is 0 Å². The number of hydrogen-bond donors (Lipinski definition) is 2. The Morgan fingerprint density at radius 3 is 2.33 bits per heavy atom. The highest BCUT2D eigenvalue weighted by molar-refractivity contribution is 6.31. The van der Waals surface area contributed by atoms with Crippen LogP contribution in [0.3, 0.4) is 0 Å². The van der Waals surface area contributed by atoms with E-state index in [0.717, 1.165) is 55.6 Å². The normalized spacial score (nSPS) is 16.1. The molecule has 2 aromatic carbocycles. The van der Waals surface area contributed by atoms with E-state index >= 15 is 0 Å². The number of carbonyl (C=O) groups is 2. The summed E-state index contributed by atoms with van der Waals surface area (Å²) in [5, 5.41) is 9.84. The molecule has 5 nitrogen and oxygen atoms in total. The molecule has 1 aliphatic rings. The van der Waals surface area contributed by atoms with Gasteiger partial charge in [-0.25, -0.2) is 4.79 Å². The van der Waals surface area contributed by atoms with Crippen molar-refractivity contribution in [3.05, 3.63) is 64.2 Å². The first-order valence-corrected chi connectivity index (χ1v) is 11.0. The molecule has 0 aliphatic carbocycles. The van der Waals surface area contributed by atoms with E-state index in [1.54, 1.807) is 12.1 Å². The van der Waals surface area contributed by atoms with Crippen molar-refractivity contribution in [2.45, 2.75) is 50.9 Å². The first kappa shape index (κ1) is 22.2. The van der Waals surface area contributed by atoms with E-state index in [1.807, 2.05) is 12.1 Å². The highest BCUT2D eigenvalue weighted by Crippen LogP contribution is 2.44. The molecule has 2 unspecified atom stereocenters. The second-order valence-corrected chi connectivity index (χ2v) is 8.33. The zero-order valence-electron chi connectivity index (χ0n) is 17.3. The fourth-order valence-electron chi connectivity index (χ4n) is 4.52. The monoisotopic (exact) mass is 428 g/mol. The quantitative estimate of drug-likeness (QED) is 0.606. The minimum atomic E-state index is -0.999. The number of primary amides is 1.